The maximum atomic E-state index is 13.1. The number of ether oxygens (including phenoxy) is 2. The Morgan fingerprint density at radius 1 is 1.00 bits per heavy atom. The highest BCUT2D eigenvalue weighted by Gasteiger charge is 2.42. The average Bonchev–Trinajstić information content (AvgIpc) is 3.66. The number of para-hydroxylation sites is 1. The molecular weight excluding hydrogens is 551 g/mol. The van der Waals surface area contributed by atoms with E-state index in [-0.39, 0.29) is 47.6 Å². The number of aromatic nitrogens is 2. The van der Waals surface area contributed by atoms with Gasteiger partial charge in [-0.2, -0.15) is 0 Å². The van der Waals surface area contributed by atoms with Gasteiger partial charge in [0, 0.05) is 34.5 Å². The van der Waals surface area contributed by atoms with Gasteiger partial charge in [-0.1, -0.05) is 23.4 Å². The van der Waals surface area contributed by atoms with Crippen LogP contribution >= 0.6 is 0 Å². The molecule has 1 N–H and O–H groups in total. The van der Waals surface area contributed by atoms with Crippen LogP contribution in [0.5, 0.6) is 5.75 Å². The summed E-state index contributed by atoms with van der Waals surface area (Å²) in [4.78, 5) is 18.8. The van der Waals surface area contributed by atoms with E-state index in [1.54, 1.807) is 24.3 Å². The molecule has 0 radical (unpaired) electrons. The molecule has 3 fully saturated rings. The Kier molecular flexibility index (Phi) is 6.56. The van der Waals surface area contributed by atoms with Crippen LogP contribution in [0.2, 0.25) is 0 Å². The summed E-state index contributed by atoms with van der Waals surface area (Å²) >= 11 is 0. The Balaban J connectivity index is 1.10. The lowest BCUT2D eigenvalue weighted by molar-refractivity contribution is -0.274. The SMILES string of the molecule is O=C(O)c1cccc2nc(N3[C@@H]4CC[C@H]3CC(OCc3c(-c5ccccc5OC(F)(F)F)noc3C3CC3)C4)ccc12. The summed E-state index contributed by atoms with van der Waals surface area (Å²) in [5.41, 5.74) is 2.09. The van der Waals surface area contributed by atoms with Crippen molar-refractivity contribution < 1.29 is 37.1 Å². The number of halogens is 3. The fraction of sp³-hybridized carbons (Fsp3) is 0.387. The van der Waals surface area contributed by atoms with Crippen LogP contribution in [0.3, 0.4) is 0 Å². The summed E-state index contributed by atoms with van der Waals surface area (Å²) in [6.45, 7) is 0.182. The minimum Gasteiger partial charge on any atom is -0.478 e. The van der Waals surface area contributed by atoms with Crippen LogP contribution in [0, 0.1) is 0 Å². The Labute approximate surface area is 239 Å². The largest absolute Gasteiger partial charge is 0.573 e. The lowest BCUT2D eigenvalue weighted by Crippen LogP contribution is -2.46. The van der Waals surface area contributed by atoms with Crippen LogP contribution in [0.4, 0.5) is 19.0 Å². The molecule has 1 unspecified atom stereocenters. The third-order valence-electron chi connectivity index (χ3n) is 8.50. The number of benzene rings is 2. The molecule has 3 aliphatic rings. The number of hydrogen-bond donors (Lipinski definition) is 1. The molecule has 11 heteroatoms. The number of fused-ring (bicyclic) bond motifs is 3. The third-order valence-corrected chi connectivity index (χ3v) is 8.50. The van der Waals surface area contributed by atoms with E-state index in [0.29, 0.717) is 27.9 Å². The molecule has 2 aromatic carbocycles. The lowest BCUT2D eigenvalue weighted by Gasteiger charge is -2.39. The van der Waals surface area contributed by atoms with Gasteiger partial charge in [0.1, 0.15) is 23.0 Å². The number of rotatable bonds is 8. The first-order valence-electron chi connectivity index (χ1n) is 14.1. The topological polar surface area (TPSA) is 97.9 Å². The van der Waals surface area contributed by atoms with E-state index in [9.17, 15) is 23.1 Å². The quantitative estimate of drug-likeness (QED) is 0.237. The van der Waals surface area contributed by atoms with Crippen molar-refractivity contribution in [2.45, 2.75) is 75.6 Å². The number of piperidine rings is 1. The van der Waals surface area contributed by atoms with Crippen LogP contribution in [-0.4, -0.2) is 45.8 Å². The number of anilines is 1. The van der Waals surface area contributed by atoms with E-state index in [1.807, 2.05) is 18.2 Å². The number of aromatic carboxylic acids is 1. The summed E-state index contributed by atoms with van der Waals surface area (Å²) in [5, 5.41) is 14.3. The maximum Gasteiger partial charge on any atom is 0.573 e. The minimum absolute atomic E-state index is 0.0470. The zero-order valence-electron chi connectivity index (χ0n) is 22.5. The zero-order chi connectivity index (χ0) is 29.0. The number of carboxylic acids is 1. The number of alkyl halides is 3. The molecule has 2 aromatic heterocycles. The number of nitrogens with zero attached hydrogens (tertiary/aromatic N) is 3. The molecule has 0 spiro atoms. The van der Waals surface area contributed by atoms with Crippen molar-refractivity contribution in [1.29, 1.82) is 0 Å². The van der Waals surface area contributed by atoms with Gasteiger partial charge in [0.15, 0.2) is 0 Å². The minimum atomic E-state index is -4.83. The fourth-order valence-electron chi connectivity index (χ4n) is 6.53. The van der Waals surface area contributed by atoms with Crippen LogP contribution in [-0.2, 0) is 11.3 Å². The van der Waals surface area contributed by atoms with Crippen molar-refractivity contribution in [3.05, 3.63) is 71.5 Å². The second-order valence-corrected chi connectivity index (χ2v) is 11.2. The number of hydrogen-bond acceptors (Lipinski definition) is 7. The first-order chi connectivity index (χ1) is 20.2. The number of carboxylic acid groups (broad SMARTS) is 1. The third kappa shape index (κ3) is 5.06. The van der Waals surface area contributed by atoms with Gasteiger partial charge >= 0.3 is 12.3 Å². The monoisotopic (exact) mass is 579 g/mol. The summed E-state index contributed by atoms with van der Waals surface area (Å²) in [6, 6.07) is 15.2. The summed E-state index contributed by atoms with van der Waals surface area (Å²) in [6.07, 6.45) is 0.545. The van der Waals surface area contributed by atoms with Gasteiger partial charge in [-0.05, 0) is 74.9 Å². The molecule has 4 aromatic rings. The van der Waals surface area contributed by atoms with Crippen molar-refractivity contribution in [1.82, 2.24) is 10.1 Å². The van der Waals surface area contributed by atoms with E-state index >= 15 is 0 Å². The molecule has 0 amide bonds. The van der Waals surface area contributed by atoms with Crippen molar-refractivity contribution in [3.8, 4) is 17.0 Å². The molecule has 2 bridgehead atoms. The zero-order valence-corrected chi connectivity index (χ0v) is 22.5. The van der Waals surface area contributed by atoms with E-state index in [1.165, 1.54) is 12.1 Å². The van der Waals surface area contributed by atoms with Gasteiger partial charge in [0.2, 0.25) is 0 Å². The number of pyridine rings is 1. The molecule has 42 heavy (non-hydrogen) atoms. The van der Waals surface area contributed by atoms with Gasteiger partial charge in [-0.15, -0.1) is 13.2 Å². The van der Waals surface area contributed by atoms with Crippen molar-refractivity contribution in [2.75, 3.05) is 4.90 Å². The predicted molar refractivity (Wildman–Crippen MR) is 146 cm³/mol. The van der Waals surface area contributed by atoms with E-state index < -0.39 is 12.3 Å². The highest BCUT2D eigenvalue weighted by atomic mass is 19.4. The van der Waals surface area contributed by atoms with Crippen LogP contribution in [0.25, 0.3) is 22.2 Å². The lowest BCUT2D eigenvalue weighted by atomic mass is 9.99. The first-order valence-corrected chi connectivity index (χ1v) is 14.1. The van der Waals surface area contributed by atoms with E-state index in [2.05, 4.69) is 14.8 Å². The molecular formula is C31H28F3N3O5. The Bertz CT molecular complexity index is 1640. The standard InChI is InChI=1S/C31H28F3N3O5/c32-31(33,34)41-26-7-2-1-4-23(26)28-24(29(42-36-28)17-8-9-17)16-40-20-14-18-10-11-19(15-20)37(18)27-13-12-21-22(30(38)39)5-3-6-25(21)35-27/h1-7,12-13,17-20H,8-11,14-16H2,(H,38,39)/t18-,19+,20?. The summed E-state index contributed by atoms with van der Waals surface area (Å²) < 4.78 is 55.7. The maximum absolute atomic E-state index is 13.1. The molecule has 1 aliphatic carbocycles. The molecule has 2 saturated heterocycles. The molecule has 3 atom stereocenters. The predicted octanol–water partition coefficient (Wildman–Crippen LogP) is 7.08. The molecule has 7 rings (SSSR count). The van der Waals surface area contributed by atoms with Crippen molar-refractivity contribution in [3.63, 3.8) is 0 Å². The van der Waals surface area contributed by atoms with E-state index in [0.717, 1.165) is 44.3 Å². The Hall–Kier alpha value is -4.12. The normalized spacial score (nSPS) is 22.1. The molecule has 4 heterocycles. The highest BCUT2D eigenvalue weighted by Crippen LogP contribution is 2.46. The van der Waals surface area contributed by atoms with Gasteiger partial charge < -0.3 is 24.0 Å². The van der Waals surface area contributed by atoms with Gasteiger partial charge in [-0.25, -0.2) is 9.78 Å². The smallest absolute Gasteiger partial charge is 0.478 e. The number of carbonyl (C=O) groups is 1. The van der Waals surface area contributed by atoms with Gasteiger partial charge in [0.05, 0.1) is 23.8 Å². The molecule has 218 valence electrons. The van der Waals surface area contributed by atoms with Crippen LogP contribution in [0.15, 0.2) is 59.1 Å². The molecule has 1 saturated carbocycles. The second kappa shape index (κ2) is 10.3. The van der Waals surface area contributed by atoms with Crippen LogP contribution in [0.1, 0.15) is 66.1 Å². The summed E-state index contributed by atoms with van der Waals surface area (Å²) in [7, 11) is 0. The second-order valence-electron chi connectivity index (χ2n) is 11.2. The average molecular weight is 580 g/mol. The van der Waals surface area contributed by atoms with Crippen LogP contribution < -0.4 is 9.64 Å². The van der Waals surface area contributed by atoms with E-state index in [4.69, 9.17) is 14.2 Å². The van der Waals surface area contributed by atoms with Gasteiger partial charge in [0.25, 0.3) is 0 Å². The van der Waals surface area contributed by atoms with Gasteiger partial charge in [-0.3, -0.25) is 0 Å². The Morgan fingerprint density at radius 3 is 2.48 bits per heavy atom. The highest BCUT2D eigenvalue weighted by molar-refractivity contribution is 6.02. The summed E-state index contributed by atoms with van der Waals surface area (Å²) in [5.74, 6) is 0.388. The first kappa shape index (κ1) is 26.8. The fourth-order valence-corrected chi connectivity index (χ4v) is 6.53. The molecule has 8 nitrogen and oxygen atoms in total. The molecule has 2 aliphatic heterocycles. The Morgan fingerprint density at radius 2 is 1.76 bits per heavy atom. The van der Waals surface area contributed by atoms with Crippen molar-refractivity contribution in [2.24, 2.45) is 0 Å². The van der Waals surface area contributed by atoms with Crippen molar-refractivity contribution >= 4 is 22.7 Å².